The van der Waals surface area contributed by atoms with Gasteiger partial charge in [0.2, 0.25) is 0 Å². The lowest BCUT2D eigenvalue weighted by Gasteiger charge is -2.47. The number of rotatable bonds is 1. The fraction of sp³-hybridized carbons (Fsp3) is 0.500. The summed E-state index contributed by atoms with van der Waals surface area (Å²) in [6, 6.07) is 3.93. The van der Waals surface area contributed by atoms with Crippen LogP contribution in [0.25, 0.3) is 0 Å². The van der Waals surface area contributed by atoms with Crippen molar-refractivity contribution in [2.24, 2.45) is 5.41 Å². The molecule has 3 rings (SSSR count). The summed E-state index contributed by atoms with van der Waals surface area (Å²) in [5.74, 6) is -0.105. The van der Waals surface area contributed by atoms with Gasteiger partial charge >= 0.3 is 0 Å². The molecule has 114 valence electrons. The van der Waals surface area contributed by atoms with Gasteiger partial charge in [-0.05, 0) is 18.6 Å². The fourth-order valence-corrected chi connectivity index (χ4v) is 3.35. The van der Waals surface area contributed by atoms with Crippen LogP contribution in [-0.2, 0) is 9.53 Å². The van der Waals surface area contributed by atoms with E-state index >= 15 is 0 Å². The zero-order valence-electron chi connectivity index (χ0n) is 12.7. The quantitative estimate of drug-likeness (QED) is 0.781. The van der Waals surface area contributed by atoms with Crippen molar-refractivity contribution in [2.45, 2.75) is 25.9 Å². The number of carbonyl (C=O) groups is 1. The number of ether oxygens (including phenoxy) is 1. The molecule has 6 nitrogen and oxygen atoms in total. The van der Waals surface area contributed by atoms with Crippen molar-refractivity contribution in [1.29, 1.82) is 5.26 Å². The van der Waals surface area contributed by atoms with Gasteiger partial charge in [0.05, 0.1) is 36.8 Å². The van der Waals surface area contributed by atoms with Gasteiger partial charge in [0, 0.05) is 12.0 Å². The fourth-order valence-electron chi connectivity index (χ4n) is 3.35. The highest BCUT2D eigenvalue weighted by Crippen LogP contribution is 2.41. The van der Waals surface area contributed by atoms with Gasteiger partial charge in [-0.25, -0.2) is 0 Å². The second-order valence-electron chi connectivity index (χ2n) is 6.50. The number of morpholine rings is 1. The third kappa shape index (κ3) is 2.48. The first kappa shape index (κ1) is 14.7. The first-order valence-electron chi connectivity index (χ1n) is 7.29. The Hall–Kier alpha value is -2.26. The van der Waals surface area contributed by atoms with Crippen molar-refractivity contribution in [2.75, 3.05) is 24.6 Å². The number of ketones is 1. The molecule has 2 heterocycles. The largest absolute Gasteiger partial charge is 0.367 e. The molecule has 1 fully saturated rings. The standard InChI is InChI=1S/C16H18N4O2/c1-15(2)10-16(7-12(8-17)14(15)21)11-20(5-6-22-16)13-3-4-18-19-9-13/h3-4,7,9H,5-6,10-11H2,1-2H3. The molecule has 1 aromatic heterocycles. The predicted octanol–water partition coefficient (Wildman–Crippen LogP) is 1.50. The van der Waals surface area contributed by atoms with Crippen molar-refractivity contribution in [3.8, 4) is 6.07 Å². The van der Waals surface area contributed by atoms with Crippen LogP contribution in [0, 0.1) is 16.7 Å². The lowest BCUT2D eigenvalue weighted by atomic mass is 9.69. The zero-order chi connectivity index (χ0) is 15.8. The van der Waals surface area contributed by atoms with Crippen LogP contribution in [0.4, 0.5) is 5.69 Å². The van der Waals surface area contributed by atoms with E-state index in [1.807, 2.05) is 26.0 Å². The number of carbonyl (C=O) groups excluding carboxylic acids is 1. The van der Waals surface area contributed by atoms with Crippen molar-refractivity contribution < 1.29 is 9.53 Å². The maximum atomic E-state index is 12.3. The zero-order valence-corrected chi connectivity index (χ0v) is 12.7. The second-order valence-corrected chi connectivity index (χ2v) is 6.50. The number of aromatic nitrogens is 2. The number of allylic oxidation sites excluding steroid dienone is 1. The number of hydrogen-bond donors (Lipinski definition) is 0. The van der Waals surface area contributed by atoms with Crippen LogP contribution in [0.3, 0.4) is 0 Å². The summed E-state index contributed by atoms with van der Waals surface area (Å²) < 4.78 is 6.02. The summed E-state index contributed by atoms with van der Waals surface area (Å²) in [5.41, 5.74) is -0.0335. The maximum Gasteiger partial charge on any atom is 0.178 e. The molecule has 0 amide bonds. The molecule has 0 saturated carbocycles. The van der Waals surface area contributed by atoms with E-state index < -0.39 is 11.0 Å². The molecule has 1 aliphatic heterocycles. The average Bonchev–Trinajstić information content (AvgIpc) is 2.51. The number of nitrogens with zero attached hydrogens (tertiary/aromatic N) is 4. The smallest absolute Gasteiger partial charge is 0.178 e. The highest BCUT2D eigenvalue weighted by Gasteiger charge is 2.48. The summed E-state index contributed by atoms with van der Waals surface area (Å²) in [4.78, 5) is 14.4. The first-order valence-corrected chi connectivity index (χ1v) is 7.29. The van der Waals surface area contributed by atoms with E-state index in [4.69, 9.17) is 4.74 Å². The maximum absolute atomic E-state index is 12.3. The van der Waals surface area contributed by atoms with E-state index in [1.54, 1.807) is 18.5 Å². The molecule has 1 unspecified atom stereocenters. The van der Waals surface area contributed by atoms with E-state index in [1.165, 1.54) is 0 Å². The van der Waals surface area contributed by atoms with Crippen molar-refractivity contribution in [1.82, 2.24) is 10.2 Å². The van der Waals surface area contributed by atoms with E-state index in [2.05, 4.69) is 15.1 Å². The third-order valence-corrected chi connectivity index (χ3v) is 4.27. The summed E-state index contributed by atoms with van der Waals surface area (Å²) in [7, 11) is 0. The van der Waals surface area contributed by atoms with Crippen LogP contribution in [-0.4, -0.2) is 41.3 Å². The average molecular weight is 298 g/mol. The molecule has 22 heavy (non-hydrogen) atoms. The Kier molecular flexibility index (Phi) is 3.45. The van der Waals surface area contributed by atoms with Crippen molar-refractivity contribution >= 4 is 11.5 Å². The molecule has 1 aliphatic carbocycles. The summed E-state index contributed by atoms with van der Waals surface area (Å²) in [5, 5.41) is 17.0. The minimum absolute atomic E-state index is 0.105. The summed E-state index contributed by atoms with van der Waals surface area (Å²) in [6.07, 6.45) is 5.65. The van der Waals surface area contributed by atoms with Crippen LogP contribution < -0.4 is 4.90 Å². The van der Waals surface area contributed by atoms with Gasteiger partial charge in [-0.2, -0.15) is 15.5 Å². The number of anilines is 1. The second kappa shape index (κ2) is 5.18. The Morgan fingerprint density at radius 1 is 1.41 bits per heavy atom. The minimum atomic E-state index is -0.607. The van der Waals surface area contributed by atoms with Crippen LogP contribution in [0.5, 0.6) is 0 Å². The van der Waals surface area contributed by atoms with Gasteiger partial charge in [-0.15, -0.1) is 0 Å². The predicted molar refractivity (Wildman–Crippen MR) is 80.0 cm³/mol. The van der Waals surface area contributed by atoms with Gasteiger partial charge in [-0.1, -0.05) is 13.8 Å². The Balaban J connectivity index is 1.94. The van der Waals surface area contributed by atoms with Crippen LogP contribution >= 0.6 is 0 Å². The van der Waals surface area contributed by atoms with Gasteiger partial charge < -0.3 is 9.64 Å². The highest BCUT2D eigenvalue weighted by molar-refractivity contribution is 6.04. The van der Waals surface area contributed by atoms with Crippen LogP contribution in [0.1, 0.15) is 20.3 Å². The molecule has 1 atom stereocenters. The molecule has 0 aromatic carbocycles. The third-order valence-electron chi connectivity index (χ3n) is 4.27. The molecule has 1 saturated heterocycles. The molecule has 0 radical (unpaired) electrons. The summed E-state index contributed by atoms with van der Waals surface area (Å²) in [6.45, 7) is 5.63. The van der Waals surface area contributed by atoms with Crippen molar-refractivity contribution in [3.05, 3.63) is 30.1 Å². The van der Waals surface area contributed by atoms with Crippen LogP contribution in [0.15, 0.2) is 30.1 Å². The molecule has 6 heteroatoms. The Labute approximate surface area is 129 Å². The monoisotopic (exact) mass is 298 g/mol. The molecule has 1 spiro atoms. The lowest BCUT2D eigenvalue weighted by Crippen LogP contribution is -2.55. The Morgan fingerprint density at radius 2 is 2.23 bits per heavy atom. The normalized spacial score (nSPS) is 27.4. The molecular formula is C16H18N4O2. The molecule has 2 aliphatic rings. The highest BCUT2D eigenvalue weighted by atomic mass is 16.5. The number of nitriles is 1. The number of hydrogen-bond acceptors (Lipinski definition) is 6. The van der Waals surface area contributed by atoms with E-state index in [-0.39, 0.29) is 11.4 Å². The van der Waals surface area contributed by atoms with E-state index in [0.29, 0.717) is 19.6 Å². The van der Waals surface area contributed by atoms with Crippen molar-refractivity contribution in [3.63, 3.8) is 0 Å². The first-order chi connectivity index (χ1) is 10.5. The van der Waals surface area contributed by atoms with E-state index in [0.717, 1.165) is 12.2 Å². The SMILES string of the molecule is CC1(C)CC2(C=C(C#N)C1=O)CN(c1ccnnc1)CCO2. The Bertz CT molecular complexity index is 662. The molecule has 0 bridgehead atoms. The molecule has 1 aromatic rings. The van der Waals surface area contributed by atoms with Gasteiger partial charge in [0.25, 0.3) is 0 Å². The Morgan fingerprint density at radius 3 is 2.91 bits per heavy atom. The van der Waals surface area contributed by atoms with Gasteiger partial charge in [0.1, 0.15) is 11.7 Å². The minimum Gasteiger partial charge on any atom is -0.367 e. The molecular weight excluding hydrogens is 280 g/mol. The molecule has 0 N–H and O–H groups in total. The van der Waals surface area contributed by atoms with Gasteiger partial charge in [-0.3, -0.25) is 4.79 Å². The van der Waals surface area contributed by atoms with Crippen LogP contribution in [0.2, 0.25) is 0 Å². The topological polar surface area (TPSA) is 79.1 Å². The summed E-state index contributed by atoms with van der Waals surface area (Å²) >= 11 is 0. The van der Waals surface area contributed by atoms with Gasteiger partial charge in [0.15, 0.2) is 5.78 Å². The lowest BCUT2D eigenvalue weighted by molar-refractivity contribution is -0.130. The number of Topliss-reactive ketones (excluding diaryl/α,β-unsaturated/α-hetero) is 1. The van der Waals surface area contributed by atoms with E-state index in [9.17, 15) is 10.1 Å².